The maximum atomic E-state index is 9.15. The minimum Gasteiger partial charge on any atom is -0.396 e. The van der Waals surface area contributed by atoms with Gasteiger partial charge in [-0.2, -0.15) is 0 Å². The first-order valence-corrected chi connectivity index (χ1v) is 4.31. The molecule has 0 aliphatic carbocycles. The minimum atomic E-state index is -0.931. The molecule has 0 aliphatic rings. The fourth-order valence-corrected chi connectivity index (χ4v) is 0.878. The van der Waals surface area contributed by atoms with E-state index in [1.54, 1.807) is 6.92 Å². The van der Waals surface area contributed by atoms with Gasteiger partial charge in [0, 0.05) is 6.61 Å². The van der Waals surface area contributed by atoms with Crippen molar-refractivity contribution in [3.63, 3.8) is 0 Å². The van der Waals surface area contributed by atoms with Crippen molar-refractivity contribution in [3.8, 4) is 0 Å². The molecule has 0 saturated carbocycles. The zero-order valence-corrected chi connectivity index (χ0v) is 7.76. The third-order valence-corrected chi connectivity index (χ3v) is 1.67. The van der Waals surface area contributed by atoms with E-state index in [4.69, 9.17) is 25.2 Å². The summed E-state index contributed by atoms with van der Waals surface area (Å²) in [5.41, 5.74) is 0. The van der Waals surface area contributed by atoms with E-state index in [1.165, 1.54) is 0 Å². The van der Waals surface area contributed by atoms with E-state index in [-0.39, 0.29) is 19.8 Å². The van der Waals surface area contributed by atoms with Crippen LogP contribution in [0.4, 0.5) is 0 Å². The Hall–Kier alpha value is -0.200. The normalized spacial score (nSPS) is 18.2. The van der Waals surface area contributed by atoms with Crippen LogP contribution >= 0.6 is 0 Å². The highest BCUT2D eigenvalue weighted by molar-refractivity contribution is 4.65. The summed E-state index contributed by atoms with van der Waals surface area (Å²) >= 11 is 0. The van der Waals surface area contributed by atoms with Crippen LogP contribution in [0.3, 0.4) is 0 Å². The van der Waals surface area contributed by atoms with Crippen molar-refractivity contribution in [3.05, 3.63) is 0 Å². The van der Waals surface area contributed by atoms with E-state index in [1.807, 2.05) is 0 Å². The average Bonchev–Trinajstić information content (AvgIpc) is 2.11. The SMILES string of the molecule is CC(O)C(CCO)OCC(O)CO. The van der Waals surface area contributed by atoms with Crippen LogP contribution in [0.2, 0.25) is 0 Å². The molecule has 3 atom stereocenters. The van der Waals surface area contributed by atoms with Gasteiger partial charge in [0.15, 0.2) is 0 Å². The molecular weight excluding hydrogens is 176 g/mol. The van der Waals surface area contributed by atoms with Gasteiger partial charge in [-0.05, 0) is 13.3 Å². The highest BCUT2D eigenvalue weighted by Gasteiger charge is 2.16. The van der Waals surface area contributed by atoms with Gasteiger partial charge in [0.2, 0.25) is 0 Å². The largest absolute Gasteiger partial charge is 0.396 e. The molecule has 0 radical (unpaired) electrons. The second-order valence-electron chi connectivity index (χ2n) is 2.96. The first kappa shape index (κ1) is 12.8. The van der Waals surface area contributed by atoms with Gasteiger partial charge in [0.05, 0.1) is 25.4 Å². The van der Waals surface area contributed by atoms with Crippen molar-refractivity contribution in [2.45, 2.75) is 31.7 Å². The van der Waals surface area contributed by atoms with E-state index < -0.39 is 18.3 Å². The summed E-state index contributed by atoms with van der Waals surface area (Å²) in [7, 11) is 0. The zero-order valence-electron chi connectivity index (χ0n) is 7.76. The Morgan fingerprint density at radius 3 is 2.23 bits per heavy atom. The Labute approximate surface area is 77.6 Å². The Kier molecular flexibility index (Phi) is 7.12. The van der Waals surface area contributed by atoms with Crippen molar-refractivity contribution >= 4 is 0 Å². The molecule has 0 saturated heterocycles. The van der Waals surface area contributed by atoms with E-state index in [2.05, 4.69) is 0 Å². The maximum Gasteiger partial charge on any atom is 0.100 e. The standard InChI is InChI=1S/C8H18O5/c1-6(11)8(2-3-9)13-5-7(12)4-10/h6-12H,2-5H2,1H3. The Bertz CT molecular complexity index is 117. The maximum absolute atomic E-state index is 9.15. The molecule has 0 spiro atoms. The smallest absolute Gasteiger partial charge is 0.100 e. The van der Waals surface area contributed by atoms with Crippen LogP contribution in [0.15, 0.2) is 0 Å². The highest BCUT2D eigenvalue weighted by Crippen LogP contribution is 2.04. The van der Waals surface area contributed by atoms with Gasteiger partial charge in [-0.15, -0.1) is 0 Å². The third kappa shape index (κ3) is 5.95. The van der Waals surface area contributed by atoms with Gasteiger partial charge < -0.3 is 25.2 Å². The molecule has 3 unspecified atom stereocenters. The average molecular weight is 194 g/mol. The summed E-state index contributed by atoms with van der Waals surface area (Å²) in [6.07, 6.45) is -1.81. The molecule has 13 heavy (non-hydrogen) atoms. The van der Waals surface area contributed by atoms with Gasteiger partial charge in [0.25, 0.3) is 0 Å². The lowest BCUT2D eigenvalue weighted by molar-refractivity contribution is -0.0770. The molecule has 0 rings (SSSR count). The van der Waals surface area contributed by atoms with E-state index in [9.17, 15) is 0 Å². The molecule has 0 bridgehead atoms. The number of aliphatic hydroxyl groups is 4. The van der Waals surface area contributed by atoms with Crippen molar-refractivity contribution in [1.82, 2.24) is 0 Å². The number of hydrogen-bond acceptors (Lipinski definition) is 5. The van der Waals surface area contributed by atoms with Crippen molar-refractivity contribution in [2.75, 3.05) is 19.8 Å². The first-order chi connectivity index (χ1) is 6.11. The molecule has 5 nitrogen and oxygen atoms in total. The second-order valence-corrected chi connectivity index (χ2v) is 2.96. The monoisotopic (exact) mass is 194 g/mol. The Balaban J connectivity index is 3.68. The molecule has 4 N–H and O–H groups in total. The Morgan fingerprint density at radius 2 is 1.85 bits per heavy atom. The lowest BCUT2D eigenvalue weighted by Crippen LogP contribution is -2.31. The lowest BCUT2D eigenvalue weighted by Gasteiger charge is -2.20. The fraction of sp³-hybridized carbons (Fsp3) is 1.00. The summed E-state index contributed by atoms with van der Waals surface area (Å²) in [6.45, 7) is 1.06. The summed E-state index contributed by atoms with van der Waals surface area (Å²) in [5.74, 6) is 0. The van der Waals surface area contributed by atoms with Gasteiger partial charge >= 0.3 is 0 Å². The molecule has 0 aromatic rings. The number of rotatable bonds is 7. The van der Waals surface area contributed by atoms with Gasteiger partial charge in [-0.3, -0.25) is 0 Å². The van der Waals surface area contributed by atoms with Crippen LogP contribution in [-0.2, 0) is 4.74 Å². The summed E-state index contributed by atoms with van der Waals surface area (Å²) in [6, 6.07) is 0. The van der Waals surface area contributed by atoms with Crippen molar-refractivity contribution in [2.24, 2.45) is 0 Å². The summed E-state index contributed by atoms with van der Waals surface area (Å²) < 4.78 is 5.08. The first-order valence-electron chi connectivity index (χ1n) is 4.31. The quantitative estimate of drug-likeness (QED) is 0.395. The van der Waals surface area contributed by atoms with Crippen molar-refractivity contribution < 1.29 is 25.2 Å². The summed E-state index contributed by atoms with van der Waals surface area (Å²) in [4.78, 5) is 0. The van der Waals surface area contributed by atoms with Crippen LogP contribution < -0.4 is 0 Å². The predicted octanol–water partition coefficient (Wildman–Crippen LogP) is -1.51. The highest BCUT2D eigenvalue weighted by atomic mass is 16.5. The zero-order chi connectivity index (χ0) is 10.3. The molecule has 5 heteroatoms. The molecular formula is C8H18O5. The minimum absolute atomic E-state index is 0.0356. The van der Waals surface area contributed by atoms with Gasteiger partial charge in [0.1, 0.15) is 6.10 Å². The van der Waals surface area contributed by atoms with Crippen LogP contribution in [0.5, 0.6) is 0 Å². The van der Waals surface area contributed by atoms with Crippen LogP contribution in [0.1, 0.15) is 13.3 Å². The van der Waals surface area contributed by atoms with E-state index >= 15 is 0 Å². The molecule has 0 fully saturated rings. The van der Waals surface area contributed by atoms with Crippen LogP contribution in [-0.4, -0.2) is 58.6 Å². The van der Waals surface area contributed by atoms with Gasteiger partial charge in [-0.1, -0.05) is 0 Å². The number of hydrogen-bond donors (Lipinski definition) is 4. The fourth-order valence-electron chi connectivity index (χ4n) is 0.878. The molecule has 0 heterocycles. The molecule has 0 aromatic heterocycles. The van der Waals surface area contributed by atoms with Gasteiger partial charge in [-0.25, -0.2) is 0 Å². The Morgan fingerprint density at radius 1 is 1.23 bits per heavy atom. The second kappa shape index (κ2) is 7.23. The molecule has 0 amide bonds. The van der Waals surface area contributed by atoms with Crippen LogP contribution in [0, 0.1) is 0 Å². The van der Waals surface area contributed by atoms with Crippen LogP contribution in [0.25, 0.3) is 0 Å². The lowest BCUT2D eigenvalue weighted by atomic mass is 10.2. The summed E-state index contributed by atoms with van der Waals surface area (Å²) in [5, 5.41) is 35.2. The predicted molar refractivity (Wildman–Crippen MR) is 46.2 cm³/mol. The topological polar surface area (TPSA) is 90.2 Å². The number of aliphatic hydroxyl groups excluding tert-OH is 4. The molecule has 0 aliphatic heterocycles. The van der Waals surface area contributed by atoms with E-state index in [0.29, 0.717) is 6.42 Å². The molecule has 0 aromatic carbocycles. The third-order valence-electron chi connectivity index (χ3n) is 1.67. The molecule has 80 valence electrons. The number of ether oxygens (including phenoxy) is 1. The van der Waals surface area contributed by atoms with Crippen molar-refractivity contribution in [1.29, 1.82) is 0 Å². The van der Waals surface area contributed by atoms with E-state index in [0.717, 1.165) is 0 Å².